The van der Waals surface area contributed by atoms with Crippen molar-refractivity contribution in [2.24, 2.45) is 0 Å². The zero-order valence-electron chi connectivity index (χ0n) is 9.39. The summed E-state index contributed by atoms with van der Waals surface area (Å²) in [7, 11) is 0. The molecule has 1 saturated carbocycles. The molecule has 0 unspecified atom stereocenters. The molecule has 1 aromatic rings. The maximum Gasteiger partial charge on any atom is 0.164 e. The van der Waals surface area contributed by atoms with Crippen LogP contribution in [0.25, 0.3) is 0 Å². The van der Waals surface area contributed by atoms with Gasteiger partial charge in [-0.05, 0) is 43.4 Å². The lowest BCUT2D eigenvalue weighted by Crippen LogP contribution is -2.32. The third kappa shape index (κ3) is 1.01. The molecule has 1 nitrogen and oxygen atoms in total. The average Bonchev–Trinajstić information content (AvgIpc) is 2.46. The summed E-state index contributed by atoms with van der Waals surface area (Å²) in [5.41, 5.74) is 5.18. The molecule has 0 bridgehead atoms. The van der Waals surface area contributed by atoms with Gasteiger partial charge in [0.1, 0.15) is 0 Å². The summed E-state index contributed by atoms with van der Waals surface area (Å²) in [6.45, 7) is 4.21. The fraction of sp³-hybridized carbons (Fsp3) is 0.500. The van der Waals surface area contributed by atoms with Gasteiger partial charge in [-0.15, -0.1) is 0 Å². The van der Waals surface area contributed by atoms with E-state index in [1.807, 2.05) is 0 Å². The van der Waals surface area contributed by atoms with Crippen LogP contribution in [0.4, 0.5) is 0 Å². The monoisotopic (exact) mass is 200 g/mol. The minimum atomic E-state index is 0.252. The standard InChI is InChI=1S/C14H16O/c1-9-4-5-10(2)13-12(9)11(15)8-14(13)6-3-7-14/h4-5H,3,6-8H2,1-2H3. The number of carbonyl (C=O) groups is 1. The first kappa shape index (κ1) is 9.14. The van der Waals surface area contributed by atoms with Crippen LogP contribution < -0.4 is 0 Å². The Hall–Kier alpha value is -1.11. The summed E-state index contributed by atoms with van der Waals surface area (Å²) in [4.78, 5) is 12.0. The summed E-state index contributed by atoms with van der Waals surface area (Å²) in [6, 6.07) is 4.26. The second-order valence-corrected chi connectivity index (χ2v) is 5.18. The molecule has 0 saturated heterocycles. The van der Waals surface area contributed by atoms with Crippen LogP contribution in [0.15, 0.2) is 12.1 Å². The zero-order chi connectivity index (χ0) is 10.6. The van der Waals surface area contributed by atoms with Gasteiger partial charge in [0.25, 0.3) is 0 Å². The van der Waals surface area contributed by atoms with Gasteiger partial charge in [0.05, 0.1) is 0 Å². The molecule has 3 rings (SSSR count). The van der Waals surface area contributed by atoms with Gasteiger partial charge in [-0.1, -0.05) is 18.6 Å². The Bertz CT molecular complexity index is 453. The summed E-state index contributed by atoms with van der Waals surface area (Å²) in [5.74, 6) is 0.380. The van der Waals surface area contributed by atoms with Crippen molar-refractivity contribution in [1.29, 1.82) is 0 Å². The normalized spacial score (nSPS) is 21.6. The van der Waals surface area contributed by atoms with Crippen LogP contribution in [0, 0.1) is 13.8 Å². The molecule has 15 heavy (non-hydrogen) atoms. The van der Waals surface area contributed by atoms with Gasteiger partial charge in [-0.2, -0.15) is 0 Å². The lowest BCUT2D eigenvalue weighted by molar-refractivity contribution is 0.0946. The fourth-order valence-corrected chi connectivity index (χ4v) is 3.37. The number of hydrogen-bond acceptors (Lipinski definition) is 1. The highest BCUT2D eigenvalue weighted by atomic mass is 16.1. The summed E-state index contributed by atoms with van der Waals surface area (Å²) < 4.78 is 0. The van der Waals surface area contributed by atoms with Crippen molar-refractivity contribution >= 4 is 5.78 Å². The number of Topliss-reactive ketones (excluding diaryl/α,β-unsaturated/α-hetero) is 1. The average molecular weight is 200 g/mol. The van der Waals surface area contributed by atoms with Crippen molar-refractivity contribution in [3.05, 3.63) is 34.4 Å². The first-order chi connectivity index (χ1) is 7.14. The Kier molecular flexibility index (Phi) is 1.66. The molecule has 2 aliphatic carbocycles. The highest BCUT2D eigenvalue weighted by Gasteiger charge is 2.48. The summed E-state index contributed by atoms with van der Waals surface area (Å²) in [6.07, 6.45) is 4.50. The molecular formula is C14H16O. The predicted octanol–water partition coefficient (Wildman–Crippen LogP) is 3.31. The molecule has 0 amide bonds. The smallest absolute Gasteiger partial charge is 0.164 e. The van der Waals surface area contributed by atoms with E-state index in [9.17, 15) is 4.79 Å². The van der Waals surface area contributed by atoms with Gasteiger partial charge in [0, 0.05) is 17.4 Å². The number of aryl methyl sites for hydroxylation is 2. The topological polar surface area (TPSA) is 17.1 Å². The second kappa shape index (κ2) is 2.72. The summed E-state index contributed by atoms with van der Waals surface area (Å²) in [5, 5.41) is 0. The van der Waals surface area contributed by atoms with Crippen LogP contribution in [-0.2, 0) is 5.41 Å². The van der Waals surface area contributed by atoms with Gasteiger partial charge in [0.15, 0.2) is 5.78 Å². The Morgan fingerprint density at radius 3 is 2.40 bits per heavy atom. The number of hydrogen-bond donors (Lipinski definition) is 0. The first-order valence-electron chi connectivity index (χ1n) is 5.78. The van der Waals surface area contributed by atoms with E-state index in [0.717, 1.165) is 12.0 Å². The zero-order valence-corrected chi connectivity index (χ0v) is 9.39. The maximum absolute atomic E-state index is 12.0. The maximum atomic E-state index is 12.0. The minimum Gasteiger partial charge on any atom is -0.294 e. The van der Waals surface area contributed by atoms with Crippen molar-refractivity contribution in [1.82, 2.24) is 0 Å². The van der Waals surface area contributed by atoms with E-state index in [-0.39, 0.29) is 5.41 Å². The van der Waals surface area contributed by atoms with E-state index >= 15 is 0 Å². The van der Waals surface area contributed by atoms with Crippen molar-refractivity contribution in [2.45, 2.75) is 44.9 Å². The molecule has 1 spiro atoms. The van der Waals surface area contributed by atoms with E-state index < -0.39 is 0 Å². The number of benzene rings is 1. The van der Waals surface area contributed by atoms with Gasteiger partial charge in [-0.3, -0.25) is 4.79 Å². The lowest BCUT2D eigenvalue weighted by atomic mass is 9.64. The number of ketones is 1. The molecule has 78 valence electrons. The van der Waals surface area contributed by atoms with Crippen molar-refractivity contribution < 1.29 is 4.79 Å². The molecule has 1 aromatic carbocycles. The minimum absolute atomic E-state index is 0.252. The molecular weight excluding hydrogens is 184 g/mol. The highest BCUT2D eigenvalue weighted by Crippen LogP contribution is 2.53. The van der Waals surface area contributed by atoms with Gasteiger partial charge < -0.3 is 0 Å². The van der Waals surface area contributed by atoms with Gasteiger partial charge >= 0.3 is 0 Å². The molecule has 0 radical (unpaired) electrons. The van der Waals surface area contributed by atoms with E-state index in [4.69, 9.17) is 0 Å². The number of fused-ring (bicyclic) bond motifs is 2. The Morgan fingerprint density at radius 2 is 1.80 bits per heavy atom. The molecule has 1 heteroatoms. The van der Waals surface area contributed by atoms with Crippen molar-refractivity contribution in [3.63, 3.8) is 0 Å². The molecule has 0 atom stereocenters. The van der Waals surface area contributed by atoms with E-state index in [0.29, 0.717) is 5.78 Å². The molecule has 2 aliphatic rings. The van der Waals surface area contributed by atoms with Crippen LogP contribution >= 0.6 is 0 Å². The van der Waals surface area contributed by atoms with E-state index in [2.05, 4.69) is 26.0 Å². The highest BCUT2D eigenvalue weighted by molar-refractivity contribution is 6.04. The van der Waals surface area contributed by atoms with Crippen molar-refractivity contribution in [3.8, 4) is 0 Å². The number of rotatable bonds is 0. The van der Waals surface area contributed by atoms with Crippen molar-refractivity contribution in [2.75, 3.05) is 0 Å². The summed E-state index contributed by atoms with van der Waals surface area (Å²) >= 11 is 0. The molecule has 0 aromatic heterocycles. The predicted molar refractivity (Wildman–Crippen MR) is 60.4 cm³/mol. The Balaban J connectivity index is 2.30. The van der Waals surface area contributed by atoms with E-state index in [1.54, 1.807) is 0 Å². The van der Waals surface area contributed by atoms with Crippen LogP contribution in [0.3, 0.4) is 0 Å². The number of carbonyl (C=O) groups excluding carboxylic acids is 1. The lowest BCUT2D eigenvalue weighted by Gasteiger charge is -2.39. The van der Waals surface area contributed by atoms with Crippen LogP contribution in [-0.4, -0.2) is 5.78 Å². The molecule has 1 fully saturated rings. The largest absolute Gasteiger partial charge is 0.294 e. The van der Waals surface area contributed by atoms with Gasteiger partial charge in [0.2, 0.25) is 0 Å². The van der Waals surface area contributed by atoms with Gasteiger partial charge in [-0.25, -0.2) is 0 Å². The van der Waals surface area contributed by atoms with E-state index in [1.165, 1.54) is 36.0 Å². The van der Waals surface area contributed by atoms with Crippen LogP contribution in [0.1, 0.15) is 52.7 Å². The third-order valence-corrected chi connectivity index (χ3v) is 4.24. The molecule has 0 N–H and O–H groups in total. The third-order valence-electron chi connectivity index (χ3n) is 4.24. The quantitative estimate of drug-likeness (QED) is 0.628. The van der Waals surface area contributed by atoms with Crippen LogP contribution in [0.5, 0.6) is 0 Å². The first-order valence-corrected chi connectivity index (χ1v) is 5.78. The fourth-order valence-electron chi connectivity index (χ4n) is 3.37. The second-order valence-electron chi connectivity index (χ2n) is 5.18. The molecule has 0 aliphatic heterocycles. The Labute approximate surface area is 90.5 Å². The Morgan fingerprint density at radius 1 is 1.13 bits per heavy atom. The van der Waals surface area contributed by atoms with Crippen LogP contribution in [0.2, 0.25) is 0 Å². The molecule has 0 heterocycles. The SMILES string of the molecule is Cc1ccc(C)c2c1C(=O)CC21CCC1.